The zero-order valence-corrected chi connectivity index (χ0v) is 19.6. The van der Waals surface area contributed by atoms with Crippen LogP contribution in [0, 0.1) is 0 Å². The number of nitrogens with one attached hydrogen (secondary N) is 1. The van der Waals surface area contributed by atoms with Crippen molar-refractivity contribution in [2.24, 2.45) is 4.99 Å². The van der Waals surface area contributed by atoms with Crippen LogP contribution in [0.1, 0.15) is 11.1 Å². The number of ether oxygens (including phenoxy) is 3. The van der Waals surface area contributed by atoms with Gasteiger partial charge in [-0.15, -0.1) is 0 Å². The molecule has 33 heavy (non-hydrogen) atoms. The quantitative estimate of drug-likeness (QED) is 0.431. The van der Waals surface area contributed by atoms with Crippen molar-refractivity contribution in [3.05, 3.63) is 87.8 Å². The number of hydrogen-bond donors (Lipinski definition) is 1. The van der Waals surface area contributed by atoms with E-state index >= 15 is 0 Å². The van der Waals surface area contributed by atoms with Gasteiger partial charge in [-0.25, -0.2) is 4.99 Å². The Morgan fingerprint density at radius 3 is 2.48 bits per heavy atom. The van der Waals surface area contributed by atoms with Crippen molar-refractivity contribution in [2.75, 3.05) is 14.2 Å². The average molecular weight is 481 g/mol. The van der Waals surface area contributed by atoms with Crippen molar-refractivity contribution in [3.8, 4) is 17.2 Å². The van der Waals surface area contributed by atoms with E-state index in [0.717, 1.165) is 16.9 Å². The van der Waals surface area contributed by atoms with Gasteiger partial charge in [0.1, 0.15) is 29.5 Å². The molecule has 0 radical (unpaired) electrons. The fourth-order valence-corrected chi connectivity index (χ4v) is 4.08. The molecule has 0 bridgehead atoms. The molecule has 0 aliphatic carbocycles. The van der Waals surface area contributed by atoms with Crippen molar-refractivity contribution >= 4 is 46.2 Å². The Balaban J connectivity index is 1.44. The number of amidine groups is 1. The largest absolute Gasteiger partial charge is 0.497 e. The summed E-state index contributed by atoms with van der Waals surface area (Å²) in [5.41, 5.74) is 2.40. The first kappa shape index (κ1) is 22.8. The van der Waals surface area contributed by atoms with Crippen molar-refractivity contribution < 1.29 is 19.0 Å². The van der Waals surface area contributed by atoms with E-state index < -0.39 is 0 Å². The van der Waals surface area contributed by atoms with E-state index in [1.54, 1.807) is 32.4 Å². The summed E-state index contributed by atoms with van der Waals surface area (Å²) in [4.78, 5) is 17.5. The van der Waals surface area contributed by atoms with Gasteiger partial charge < -0.3 is 19.5 Å². The van der Waals surface area contributed by atoms with Crippen LogP contribution >= 0.6 is 23.4 Å². The fraction of sp³-hybridized carbons (Fsp3) is 0.120. The van der Waals surface area contributed by atoms with Gasteiger partial charge in [0, 0.05) is 16.7 Å². The lowest BCUT2D eigenvalue weighted by Crippen LogP contribution is -2.19. The van der Waals surface area contributed by atoms with Gasteiger partial charge in [-0.1, -0.05) is 41.9 Å². The van der Waals surface area contributed by atoms with Crippen molar-refractivity contribution in [2.45, 2.75) is 6.61 Å². The molecule has 1 aliphatic heterocycles. The Kier molecular flexibility index (Phi) is 7.22. The molecule has 0 spiro atoms. The van der Waals surface area contributed by atoms with Gasteiger partial charge in [0.15, 0.2) is 5.17 Å². The number of nitrogens with zero attached hydrogens (tertiary/aromatic N) is 1. The number of aliphatic imine (C=N–C) groups is 1. The predicted molar refractivity (Wildman–Crippen MR) is 133 cm³/mol. The van der Waals surface area contributed by atoms with E-state index in [2.05, 4.69) is 10.3 Å². The van der Waals surface area contributed by atoms with Crippen molar-refractivity contribution in [1.82, 2.24) is 5.32 Å². The SMILES string of the molecule is COc1ccc(N=C2NC(=O)C(=Cc3ccc(OCc4ccccc4Cl)cc3)S2)c(OC)c1. The van der Waals surface area contributed by atoms with Gasteiger partial charge in [-0.3, -0.25) is 4.79 Å². The van der Waals surface area contributed by atoms with Crippen molar-refractivity contribution in [3.63, 3.8) is 0 Å². The number of methoxy groups -OCH3 is 2. The van der Waals surface area contributed by atoms with Gasteiger partial charge in [0.25, 0.3) is 5.91 Å². The number of thioether (sulfide) groups is 1. The van der Waals surface area contributed by atoms with E-state index in [4.69, 9.17) is 25.8 Å². The summed E-state index contributed by atoms with van der Waals surface area (Å²) in [7, 11) is 3.15. The van der Waals surface area contributed by atoms with Gasteiger partial charge in [0.05, 0.1) is 19.1 Å². The molecule has 6 nitrogen and oxygen atoms in total. The molecule has 8 heteroatoms. The summed E-state index contributed by atoms with van der Waals surface area (Å²) in [6, 6.07) is 20.4. The van der Waals surface area contributed by atoms with Gasteiger partial charge in [0.2, 0.25) is 0 Å². The first-order valence-electron chi connectivity index (χ1n) is 10.0. The first-order valence-corrected chi connectivity index (χ1v) is 11.2. The van der Waals surface area contributed by atoms with Crippen LogP contribution in [-0.2, 0) is 11.4 Å². The van der Waals surface area contributed by atoms with Crippen molar-refractivity contribution in [1.29, 1.82) is 0 Å². The highest BCUT2D eigenvalue weighted by molar-refractivity contribution is 8.18. The third-order valence-corrected chi connectivity index (χ3v) is 6.07. The number of halogens is 1. The van der Waals surface area contributed by atoms with Crippen LogP contribution in [-0.4, -0.2) is 25.3 Å². The van der Waals surface area contributed by atoms with E-state index in [-0.39, 0.29) is 5.91 Å². The van der Waals surface area contributed by atoms with Crippen LogP contribution in [0.4, 0.5) is 5.69 Å². The third-order valence-electron chi connectivity index (χ3n) is 4.79. The lowest BCUT2D eigenvalue weighted by Gasteiger charge is -2.08. The number of carbonyl (C=O) groups excluding carboxylic acids is 1. The number of rotatable bonds is 7. The second kappa shape index (κ2) is 10.5. The lowest BCUT2D eigenvalue weighted by atomic mass is 10.2. The van der Waals surface area contributed by atoms with Gasteiger partial charge in [-0.05, 0) is 53.7 Å². The van der Waals surface area contributed by atoms with Crippen LogP contribution in [0.25, 0.3) is 6.08 Å². The van der Waals surface area contributed by atoms with Crippen LogP contribution in [0.5, 0.6) is 17.2 Å². The minimum Gasteiger partial charge on any atom is -0.497 e. The molecule has 1 fully saturated rings. The molecule has 1 amide bonds. The maximum atomic E-state index is 12.4. The summed E-state index contributed by atoms with van der Waals surface area (Å²) in [5, 5.41) is 3.94. The molecule has 168 valence electrons. The summed E-state index contributed by atoms with van der Waals surface area (Å²) < 4.78 is 16.4. The standard InChI is InChI=1S/C25H21ClN2O4S/c1-30-19-11-12-21(22(14-19)31-2)27-25-28-24(29)23(33-25)13-16-7-9-18(10-8-16)32-15-17-5-3-4-6-20(17)26/h3-14H,15H2,1-2H3,(H,27,28,29). The molecule has 4 rings (SSSR count). The maximum absolute atomic E-state index is 12.4. The monoisotopic (exact) mass is 480 g/mol. The molecular formula is C25H21ClN2O4S. The van der Waals surface area contributed by atoms with Crippen LogP contribution in [0.2, 0.25) is 5.02 Å². The molecule has 1 saturated heterocycles. The summed E-state index contributed by atoms with van der Waals surface area (Å²) in [6.07, 6.45) is 1.81. The maximum Gasteiger partial charge on any atom is 0.264 e. The Morgan fingerprint density at radius 1 is 1.00 bits per heavy atom. The number of carbonyl (C=O) groups is 1. The van der Waals surface area contributed by atoms with Crippen LogP contribution < -0.4 is 19.5 Å². The highest BCUT2D eigenvalue weighted by Gasteiger charge is 2.24. The molecule has 0 aromatic heterocycles. The van der Waals surface area contributed by atoms with E-state index in [0.29, 0.717) is 38.9 Å². The highest BCUT2D eigenvalue weighted by atomic mass is 35.5. The molecule has 1 N–H and O–H groups in total. The third kappa shape index (κ3) is 5.69. The second-order valence-corrected chi connectivity index (χ2v) is 8.41. The van der Waals surface area contributed by atoms with Gasteiger partial charge in [-0.2, -0.15) is 0 Å². The van der Waals surface area contributed by atoms with E-state index in [1.165, 1.54) is 11.8 Å². The summed E-state index contributed by atoms with van der Waals surface area (Å²) in [6.45, 7) is 0.382. The molecular weight excluding hydrogens is 460 g/mol. The van der Waals surface area contributed by atoms with Crippen LogP contribution in [0.15, 0.2) is 76.6 Å². The Bertz CT molecular complexity index is 1230. The molecule has 0 atom stereocenters. The highest BCUT2D eigenvalue weighted by Crippen LogP contribution is 2.34. The Morgan fingerprint density at radius 2 is 1.76 bits per heavy atom. The van der Waals surface area contributed by atoms with Crippen LogP contribution in [0.3, 0.4) is 0 Å². The predicted octanol–water partition coefficient (Wildman–Crippen LogP) is 5.83. The lowest BCUT2D eigenvalue weighted by molar-refractivity contribution is -0.115. The summed E-state index contributed by atoms with van der Waals surface area (Å²) in [5.74, 6) is 1.74. The minimum atomic E-state index is -0.203. The van der Waals surface area contributed by atoms with E-state index in [1.807, 2.05) is 54.6 Å². The minimum absolute atomic E-state index is 0.203. The van der Waals surface area contributed by atoms with E-state index in [9.17, 15) is 4.79 Å². The molecule has 1 aliphatic rings. The molecule has 0 saturated carbocycles. The molecule has 3 aromatic rings. The number of amides is 1. The smallest absolute Gasteiger partial charge is 0.264 e. The summed E-state index contributed by atoms with van der Waals surface area (Å²) >= 11 is 7.44. The molecule has 0 unspecified atom stereocenters. The topological polar surface area (TPSA) is 69.2 Å². The normalized spacial score (nSPS) is 15.5. The average Bonchev–Trinajstić information content (AvgIpc) is 3.18. The molecule has 1 heterocycles. The Labute approximate surface area is 201 Å². The fourth-order valence-electron chi connectivity index (χ4n) is 3.06. The number of hydrogen-bond acceptors (Lipinski definition) is 6. The first-order chi connectivity index (χ1) is 16.1. The second-order valence-electron chi connectivity index (χ2n) is 6.97. The van der Waals surface area contributed by atoms with Gasteiger partial charge >= 0.3 is 0 Å². The Hall–Kier alpha value is -3.42. The molecule has 3 aromatic carbocycles. The zero-order valence-electron chi connectivity index (χ0n) is 18.0. The zero-order chi connectivity index (χ0) is 23.2. The number of benzene rings is 3.